The first-order valence-electron chi connectivity index (χ1n) is 4.76. The highest BCUT2D eigenvalue weighted by Gasteiger charge is 2.36. The Balaban J connectivity index is 2.05. The fraction of sp³-hybridized carbons (Fsp3) is 0.417. The molecule has 0 aliphatic carbocycles. The molecule has 1 nitrogen and oxygen atoms in total. The summed E-state index contributed by atoms with van der Waals surface area (Å²) in [5, 5.41) is 0. The van der Waals surface area contributed by atoms with Crippen molar-refractivity contribution in [3.05, 3.63) is 42.8 Å². The predicted molar refractivity (Wildman–Crippen MR) is 53.4 cm³/mol. The van der Waals surface area contributed by atoms with Gasteiger partial charge in [0.15, 0.2) is 0 Å². The smallest absolute Gasteiger partial charge is 0.0548 e. The van der Waals surface area contributed by atoms with Gasteiger partial charge in [-0.15, -0.1) is 0 Å². The average Bonchev–Trinajstić information content (AvgIpc) is 2.13. The van der Waals surface area contributed by atoms with E-state index in [9.17, 15) is 0 Å². The SMILES string of the molecule is [CH2]CC1(Cc2ccccc2)COC1. The van der Waals surface area contributed by atoms with E-state index in [1.165, 1.54) is 5.56 Å². The lowest BCUT2D eigenvalue weighted by molar-refractivity contribution is -0.111. The van der Waals surface area contributed by atoms with Crippen LogP contribution in [0.2, 0.25) is 0 Å². The van der Waals surface area contributed by atoms with Gasteiger partial charge in [0.05, 0.1) is 13.2 Å². The molecule has 0 N–H and O–H groups in total. The maximum absolute atomic E-state index is 5.26. The van der Waals surface area contributed by atoms with Gasteiger partial charge in [0.25, 0.3) is 0 Å². The van der Waals surface area contributed by atoms with Gasteiger partial charge in [-0.1, -0.05) is 37.3 Å². The van der Waals surface area contributed by atoms with Crippen LogP contribution in [0.4, 0.5) is 0 Å². The van der Waals surface area contributed by atoms with Crippen molar-refractivity contribution in [1.29, 1.82) is 0 Å². The van der Waals surface area contributed by atoms with Gasteiger partial charge in [-0.2, -0.15) is 0 Å². The lowest BCUT2D eigenvalue weighted by Crippen LogP contribution is -2.43. The largest absolute Gasteiger partial charge is 0.380 e. The summed E-state index contributed by atoms with van der Waals surface area (Å²) in [4.78, 5) is 0. The van der Waals surface area contributed by atoms with Crippen molar-refractivity contribution in [3.8, 4) is 0 Å². The zero-order valence-electron chi connectivity index (χ0n) is 7.83. The van der Waals surface area contributed by atoms with Crippen molar-refractivity contribution >= 4 is 0 Å². The summed E-state index contributed by atoms with van der Waals surface area (Å²) >= 11 is 0. The molecule has 1 saturated heterocycles. The van der Waals surface area contributed by atoms with Gasteiger partial charge in [0.1, 0.15) is 0 Å². The molecule has 1 heteroatoms. The lowest BCUT2D eigenvalue weighted by Gasteiger charge is -2.41. The van der Waals surface area contributed by atoms with Crippen LogP contribution in [0.25, 0.3) is 0 Å². The summed E-state index contributed by atoms with van der Waals surface area (Å²) in [6, 6.07) is 10.6. The topological polar surface area (TPSA) is 9.23 Å². The second-order valence-electron chi connectivity index (χ2n) is 3.91. The van der Waals surface area contributed by atoms with Crippen molar-refractivity contribution in [2.24, 2.45) is 5.41 Å². The normalized spacial score (nSPS) is 19.5. The molecule has 1 aliphatic heterocycles. The maximum atomic E-state index is 5.26. The summed E-state index contributed by atoms with van der Waals surface area (Å²) in [5.41, 5.74) is 1.73. The molecule has 0 aromatic heterocycles. The Morgan fingerprint density at radius 1 is 1.23 bits per heavy atom. The fourth-order valence-corrected chi connectivity index (χ4v) is 1.75. The summed E-state index contributed by atoms with van der Waals surface area (Å²) in [5.74, 6) is 0. The number of rotatable bonds is 3. The summed E-state index contributed by atoms with van der Waals surface area (Å²) in [6.07, 6.45) is 2.08. The van der Waals surface area contributed by atoms with Gasteiger partial charge >= 0.3 is 0 Å². The van der Waals surface area contributed by atoms with E-state index in [0.29, 0.717) is 5.41 Å². The first kappa shape index (κ1) is 8.76. The molecular formula is C12H15O. The maximum Gasteiger partial charge on any atom is 0.0548 e. The second-order valence-corrected chi connectivity index (χ2v) is 3.91. The molecule has 13 heavy (non-hydrogen) atoms. The zero-order valence-corrected chi connectivity index (χ0v) is 7.83. The molecule has 2 rings (SSSR count). The van der Waals surface area contributed by atoms with E-state index in [1.54, 1.807) is 0 Å². The standard InChI is InChI=1S/C12H15O/c1-2-12(9-13-10-12)8-11-6-4-3-5-7-11/h3-7H,1-2,8-10H2. The summed E-state index contributed by atoms with van der Waals surface area (Å²) < 4.78 is 5.26. The second kappa shape index (κ2) is 3.51. The van der Waals surface area contributed by atoms with Crippen LogP contribution in [-0.2, 0) is 11.2 Å². The fourth-order valence-electron chi connectivity index (χ4n) is 1.75. The Kier molecular flexibility index (Phi) is 2.36. The first-order chi connectivity index (χ1) is 6.35. The van der Waals surface area contributed by atoms with Crippen molar-refractivity contribution in [1.82, 2.24) is 0 Å². The molecule has 1 aromatic rings. The molecular weight excluding hydrogens is 160 g/mol. The molecule has 1 aromatic carbocycles. The van der Waals surface area contributed by atoms with Gasteiger partial charge in [0, 0.05) is 5.41 Å². The highest BCUT2D eigenvalue weighted by Crippen LogP contribution is 2.34. The van der Waals surface area contributed by atoms with Crippen molar-refractivity contribution in [3.63, 3.8) is 0 Å². The molecule has 0 atom stereocenters. The van der Waals surface area contributed by atoms with E-state index in [2.05, 4.69) is 37.3 Å². The Morgan fingerprint density at radius 3 is 2.38 bits per heavy atom. The highest BCUT2D eigenvalue weighted by atomic mass is 16.5. The van der Waals surface area contributed by atoms with Gasteiger partial charge in [0.2, 0.25) is 0 Å². The van der Waals surface area contributed by atoms with E-state index < -0.39 is 0 Å². The highest BCUT2D eigenvalue weighted by molar-refractivity contribution is 5.17. The molecule has 0 unspecified atom stereocenters. The minimum absolute atomic E-state index is 0.335. The van der Waals surface area contributed by atoms with E-state index in [-0.39, 0.29) is 0 Å². The van der Waals surface area contributed by atoms with E-state index in [0.717, 1.165) is 26.1 Å². The third kappa shape index (κ3) is 1.75. The van der Waals surface area contributed by atoms with Crippen LogP contribution < -0.4 is 0 Å². The Bertz CT molecular complexity index is 256. The molecule has 1 aliphatic rings. The molecule has 1 heterocycles. The van der Waals surface area contributed by atoms with Crippen molar-refractivity contribution in [2.45, 2.75) is 12.8 Å². The van der Waals surface area contributed by atoms with Crippen molar-refractivity contribution in [2.75, 3.05) is 13.2 Å². The predicted octanol–water partition coefficient (Wildman–Crippen LogP) is 2.47. The van der Waals surface area contributed by atoms with Crippen LogP contribution in [0.5, 0.6) is 0 Å². The minimum atomic E-state index is 0.335. The van der Waals surface area contributed by atoms with E-state index >= 15 is 0 Å². The minimum Gasteiger partial charge on any atom is -0.380 e. The van der Waals surface area contributed by atoms with Gasteiger partial charge in [-0.05, 0) is 18.4 Å². The van der Waals surface area contributed by atoms with Gasteiger partial charge in [-0.25, -0.2) is 0 Å². The van der Waals surface area contributed by atoms with E-state index in [4.69, 9.17) is 4.74 Å². The third-order valence-electron chi connectivity index (χ3n) is 2.77. The van der Waals surface area contributed by atoms with Crippen LogP contribution >= 0.6 is 0 Å². The number of ether oxygens (including phenoxy) is 1. The van der Waals surface area contributed by atoms with E-state index in [1.807, 2.05) is 0 Å². The number of hydrogen-bond donors (Lipinski definition) is 0. The van der Waals surface area contributed by atoms with Crippen LogP contribution in [-0.4, -0.2) is 13.2 Å². The quantitative estimate of drug-likeness (QED) is 0.685. The molecule has 69 valence electrons. The van der Waals surface area contributed by atoms with Crippen LogP contribution in [0.3, 0.4) is 0 Å². The molecule has 0 saturated carbocycles. The van der Waals surface area contributed by atoms with Crippen LogP contribution in [0.15, 0.2) is 30.3 Å². The Labute approximate surface area is 79.7 Å². The third-order valence-corrected chi connectivity index (χ3v) is 2.77. The summed E-state index contributed by atoms with van der Waals surface area (Å²) in [6.45, 7) is 5.76. The lowest BCUT2D eigenvalue weighted by atomic mass is 9.78. The van der Waals surface area contributed by atoms with Crippen molar-refractivity contribution < 1.29 is 4.74 Å². The monoisotopic (exact) mass is 175 g/mol. The van der Waals surface area contributed by atoms with Crippen LogP contribution in [0.1, 0.15) is 12.0 Å². The number of hydrogen-bond acceptors (Lipinski definition) is 1. The average molecular weight is 175 g/mol. The molecule has 1 radical (unpaired) electrons. The molecule has 1 fully saturated rings. The first-order valence-corrected chi connectivity index (χ1v) is 4.76. The summed E-state index contributed by atoms with van der Waals surface area (Å²) in [7, 11) is 0. The molecule has 0 bridgehead atoms. The molecule has 0 spiro atoms. The Hall–Kier alpha value is -0.820. The zero-order chi connectivity index (χ0) is 9.15. The Morgan fingerprint density at radius 2 is 1.92 bits per heavy atom. The number of benzene rings is 1. The van der Waals surface area contributed by atoms with Crippen LogP contribution in [0, 0.1) is 12.3 Å². The molecule has 0 amide bonds. The van der Waals surface area contributed by atoms with Gasteiger partial charge in [-0.3, -0.25) is 0 Å². The van der Waals surface area contributed by atoms with Gasteiger partial charge < -0.3 is 4.74 Å².